The molecular weight excluding hydrogens is 211 g/mol. The zero-order valence-electron chi connectivity index (χ0n) is 3.39. The molecule has 0 aromatic carbocycles. The minimum Gasteiger partial charge on any atom is -0.297 e. The quantitative estimate of drug-likeness (QED) is 0.389. The second-order valence-corrected chi connectivity index (χ2v) is 3.41. The van der Waals surface area contributed by atoms with Crippen molar-refractivity contribution >= 4 is 26.1 Å². The predicted octanol–water partition coefficient (Wildman–Crippen LogP) is 0.896. The van der Waals surface area contributed by atoms with Crippen LogP contribution in [0.2, 0.25) is 0 Å². The predicted molar refractivity (Wildman–Crippen MR) is 30.6 cm³/mol. The Hall–Kier alpha value is -0.260. The lowest BCUT2D eigenvalue weighted by Gasteiger charge is -1.66. The average molecular weight is 214 g/mol. The lowest BCUT2D eigenvalue weighted by molar-refractivity contribution is -0.104. The van der Waals surface area contributed by atoms with Crippen LogP contribution in [0.3, 0.4) is 0 Å². The van der Waals surface area contributed by atoms with Crippen molar-refractivity contribution < 1.29 is 10.9 Å². The maximum absolute atomic E-state index is 9.73. The number of halogens is 1. The number of aldehydes is 1. The summed E-state index contributed by atoms with van der Waals surface area (Å²) in [5.41, 5.74) is 0. The van der Waals surface area contributed by atoms with Crippen molar-refractivity contribution in [2.24, 2.45) is 0 Å². The average Bonchev–Trinajstić information content (AvgIpc) is 1.65. The fraction of sp³-hybridized carbons (Fsp3) is 0. The smallest absolute Gasteiger partial charge is 0.297 e. The molecule has 0 saturated heterocycles. The van der Waals surface area contributed by atoms with Crippen LogP contribution in [0.5, 0.6) is 0 Å². The third-order valence-corrected chi connectivity index (χ3v) is 1.71. The van der Waals surface area contributed by atoms with Gasteiger partial charge >= 0.3 is 19.8 Å². The van der Waals surface area contributed by atoms with Crippen molar-refractivity contribution in [1.29, 1.82) is 0 Å². The Morgan fingerprint density at radius 2 is 2.00 bits per heavy atom. The van der Waals surface area contributed by atoms with Crippen LogP contribution < -0.4 is 0 Å². The van der Waals surface area contributed by atoms with Gasteiger partial charge in [0.25, 0.3) is 0 Å². The third kappa shape index (κ3) is 2.44. The standard InChI is InChI=1S/C3H3IO3/c1-3(2-5)4(6)7/h2H,1H2. The van der Waals surface area contributed by atoms with Crippen molar-refractivity contribution in [3.63, 3.8) is 0 Å². The number of allylic oxidation sites excluding steroid dienone is 1. The van der Waals surface area contributed by atoms with Crippen molar-refractivity contribution in [3.05, 3.63) is 10.2 Å². The monoisotopic (exact) mass is 214 g/mol. The van der Waals surface area contributed by atoms with E-state index in [-0.39, 0.29) is 9.87 Å². The first-order valence-corrected chi connectivity index (χ1v) is 4.22. The van der Waals surface area contributed by atoms with Gasteiger partial charge in [0.1, 0.15) is 3.58 Å². The van der Waals surface area contributed by atoms with Crippen LogP contribution in [0.15, 0.2) is 10.2 Å². The van der Waals surface area contributed by atoms with Gasteiger partial charge in [0, 0.05) is 0 Å². The van der Waals surface area contributed by atoms with Crippen molar-refractivity contribution in [1.82, 2.24) is 0 Å². The molecule has 0 fully saturated rings. The molecule has 0 aliphatic carbocycles. The molecule has 0 aromatic heterocycles. The van der Waals surface area contributed by atoms with E-state index in [1.165, 1.54) is 0 Å². The normalized spacial score (nSPS) is 8.71. The first-order chi connectivity index (χ1) is 3.18. The van der Waals surface area contributed by atoms with Crippen LogP contribution >= 0.6 is 19.8 Å². The molecule has 0 atom stereocenters. The third-order valence-electron chi connectivity index (χ3n) is 0.326. The molecule has 0 N–H and O–H groups in total. The topological polar surface area (TPSA) is 51.2 Å². The van der Waals surface area contributed by atoms with Crippen LogP contribution in [0, 0.1) is 0 Å². The number of rotatable bonds is 2. The zero-order chi connectivity index (χ0) is 5.86. The fourth-order valence-electron chi connectivity index (χ4n) is 0.0364. The molecule has 0 aliphatic rings. The molecule has 0 amide bonds. The maximum atomic E-state index is 9.73. The summed E-state index contributed by atoms with van der Waals surface area (Å²) in [5.74, 6) is 0. The van der Waals surface area contributed by atoms with Gasteiger partial charge in [-0.2, -0.15) is 0 Å². The SMILES string of the molecule is C=C(C=O)I(=O)=O. The van der Waals surface area contributed by atoms with E-state index in [0.717, 1.165) is 0 Å². The van der Waals surface area contributed by atoms with Gasteiger partial charge in [-0.15, -0.1) is 0 Å². The van der Waals surface area contributed by atoms with Gasteiger partial charge < -0.3 is 0 Å². The fourth-order valence-corrected chi connectivity index (χ4v) is 0.244. The largest absolute Gasteiger partial charge is 0.343 e. The Morgan fingerprint density at radius 3 is 2.00 bits per heavy atom. The van der Waals surface area contributed by atoms with Crippen LogP contribution in [0.25, 0.3) is 0 Å². The van der Waals surface area contributed by atoms with E-state index in [0.29, 0.717) is 0 Å². The van der Waals surface area contributed by atoms with Gasteiger partial charge in [-0.25, -0.2) is 6.14 Å². The summed E-state index contributed by atoms with van der Waals surface area (Å²) in [6, 6.07) is 0. The van der Waals surface area contributed by atoms with Gasteiger partial charge in [0.05, 0.1) is 0 Å². The van der Waals surface area contributed by atoms with Crippen LogP contribution in [-0.4, -0.2) is 6.29 Å². The Morgan fingerprint density at radius 1 is 1.57 bits per heavy atom. The first kappa shape index (κ1) is 6.74. The Labute approximate surface area is 47.6 Å². The molecule has 0 aliphatic heterocycles. The van der Waals surface area contributed by atoms with Crippen molar-refractivity contribution in [2.75, 3.05) is 0 Å². The van der Waals surface area contributed by atoms with Gasteiger partial charge in [-0.05, 0) is 0 Å². The number of carbonyl (C=O) groups is 1. The molecule has 0 spiro atoms. The highest BCUT2D eigenvalue weighted by Gasteiger charge is 1.92. The van der Waals surface area contributed by atoms with Gasteiger partial charge in [-0.1, -0.05) is 6.58 Å². The van der Waals surface area contributed by atoms with Gasteiger partial charge in [-0.3, -0.25) is 4.79 Å². The summed E-state index contributed by atoms with van der Waals surface area (Å²) in [6.07, 6.45) is 0.241. The first-order valence-electron chi connectivity index (χ1n) is 1.38. The van der Waals surface area contributed by atoms with E-state index in [2.05, 4.69) is 6.58 Å². The van der Waals surface area contributed by atoms with E-state index in [4.69, 9.17) is 0 Å². The Bertz CT molecular complexity index is 148. The lowest BCUT2D eigenvalue weighted by Crippen LogP contribution is -1.64. The lowest BCUT2D eigenvalue weighted by atomic mass is 10.7. The molecule has 3 nitrogen and oxygen atoms in total. The minimum absolute atomic E-state index is 0.241. The molecule has 0 radical (unpaired) electrons. The summed E-state index contributed by atoms with van der Waals surface area (Å²) in [6.45, 7) is 2.95. The van der Waals surface area contributed by atoms with E-state index >= 15 is 0 Å². The van der Waals surface area contributed by atoms with Crippen LogP contribution in [-0.2, 0) is 10.9 Å². The van der Waals surface area contributed by atoms with Gasteiger partial charge in [0.2, 0.25) is 0 Å². The Kier molecular flexibility index (Phi) is 2.73. The molecule has 0 heterocycles. The number of hydrogen-bond donors (Lipinski definition) is 0. The van der Waals surface area contributed by atoms with Crippen molar-refractivity contribution in [3.8, 4) is 0 Å². The van der Waals surface area contributed by atoms with Crippen LogP contribution in [0.1, 0.15) is 0 Å². The Balaban J connectivity index is 4.10. The molecule has 0 rings (SSSR count). The molecule has 0 bridgehead atoms. The summed E-state index contributed by atoms with van der Waals surface area (Å²) < 4.78 is 19.2. The van der Waals surface area contributed by atoms with E-state index < -0.39 is 19.8 Å². The van der Waals surface area contributed by atoms with E-state index in [9.17, 15) is 10.9 Å². The zero-order valence-corrected chi connectivity index (χ0v) is 5.54. The molecule has 0 unspecified atom stereocenters. The highest BCUT2D eigenvalue weighted by Crippen LogP contribution is 2.13. The molecule has 40 valence electrons. The van der Waals surface area contributed by atoms with Crippen LogP contribution in [0.4, 0.5) is 0 Å². The highest BCUT2D eigenvalue weighted by atomic mass is 127. The summed E-state index contributed by atoms with van der Waals surface area (Å²) in [5, 5.41) is 0. The van der Waals surface area contributed by atoms with E-state index in [1.807, 2.05) is 0 Å². The summed E-state index contributed by atoms with van der Waals surface area (Å²) in [4.78, 5) is 9.49. The summed E-state index contributed by atoms with van der Waals surface area (Å²) in [7, 11) is 0. The number of carbonyl (C=O) groups excluding carboxylic acids is 1. The highest BCUT2D eigenvalue weighted by molar-refractivity contribution is 14.2. The molecular formula is C3H3IO3. The van der Waals surface area contributed by atoms with Gasteiger partial charge in [0.15, 0.2) is 6.29 Å². The molecule has 0 aromatic rings. The summed E-state index contributed by atoms with van der Waals surface area (Å²) >= 11 is -3.47. The molecule has 0 saturated carbocycles. The maximum Gasteiger partial charge on any atom is 0.343 e. The van der Waals surface area contributed by atoms with E-state index in [1.54, 1.807) is 0 Å². The van der Waals surface area contributed by atoms with Crippen molar-refractivity contribution in [2.45, 2.75) is 0 Å². The number of hydrogen-bond acceptors (Lipinski definition) is 3. The molecule has 7 heavy (non-hydrogen) atoms. The second kappa shape index (κ2) is 2.84. The second-order valence-electron chi connectivity index (χ2n) is 0.782. The minimum atomic E-state index is -3.47. The molecule has 4 heteroatoms.